The van der Waals surface area contributed by atoms with Crippen molar-refractivity contribution in [1.29, 1.82) is 0 Å². The molecule has 2 rings (SSSR count). The fourth-order valence-corrected chi connectivity index (χ4v) is 2.53. The van der Waals surface area contributed by atoms with Crippen molar-refractivity contribution >= 4 is 34.8 Å². The van der Waals surface area contributed by atoms with Gasteiger partial charge in [-0.1, -0.05) is 23.2 Å². The van der Waals surface area contributed by atoms with Crippen LogP contribution in [-0.2, 0) is 13.6 Å². The first-order valence-corrected chi connectivity index (χ1v) is 6.96. The van der Waals surface area contributed by atoms with Gasteiger partial charge in [-0.15, -0.1) is 0 Å². The van der Waals surface area contributed by atoms with Crippen LogP contribution in [0.4, 0.5) is 11.6 Å². The highest BCUT2D eigenvalue weighted by Gasteiger charge is 2.12. The molecular weight excluding hydrogens is 297 g/mol. The highest BCUT2D eigenvalue weighted by Crippen LogP contribution is 2.29. The Hall–Kier alpha value is -1.46. The third-order valence-corrected chi connectivity index (χ3v) is 3.83. The SMILES string of the molecule is CNc1nc(NCc2c(C)nn(C)c2C)c(Cl)cc1Cl. The lowest BCUT2D eigenvalue weighted by Gasteiger charge is -2.11. The van der Waals surface area contributed by atoms with Crippen molar-refractivity contribution in [2.75, 3.05) is 17.7 Å². The average molecular weight is 314 g/mol. The van der Waals surface area contributed by atoms with Gasteiger partial charge >= 0.3 is 0 Å². The predicted molar refractivity (Wildman–Crippen MR) is 83.8 cm³/mol. The number of aromatic nitrogens is 3. The first-order chi connectivity index (χ1) is 9.43. The van der Waals surface area contributed by atoms with E-state index in [4.69, 9.17) is 23.2 Å². The molecule has 0 radical (unpaired) electrons. The first kappa shape index (κ1) is 14.9. The Kier molecular flexibility index (Phi) is 4.40. The fraction of sp³-hybridized carbons (Fsp3) is 0.385. The Morgan fingerprint density at radius 3 is 2.40 bits per heavy atom. The van der Waals surface area contributed by atoms with Crippen molar-refractivity contribution in [3.63, 3.8) is 0 Å². The summed E-state index contributed by atoms with van der Waals surface area (Å²) in [7, 11) is 3.69. The molecule has 0 aromatic carbocycles. The van der Waals surface area contributed by atoms with Crippen molar-refractivity contribution in [2.45, 2.75) is 20.4 Å². The average Bonchev–Trinajstić information content (AvgIpc) is 2.63. The molecule has 5 nitrogen and oxygen atoms in total. The van der Waals surface area contributed by atoms with E-state index in [-0.39, 0.29) is 0 Å². The maximum absolute atomic E-state index is 6.15. The molecule has 0 bridgehead atoms. The van der Waals surface area contributed by atoms with E-state index >= 15 is 0 Å². The Labute approximate surface area is 128 Å². The van der Waals surface area contributed by atoms with Crippen LogP contribution in [0.2, 0.25) is 10.0 Å². The predicted octanol–water partition coefficient (Wildman–Crippen LogP) is 3.39. The minimum Gasteiger partial charge on any atom is -0.372 e. The number of nitrogens with one attached hydrogen (secondary N) is 2. The van der Waals surface area contributed by atoms with Crippen LogP contribution in [0, 0.1) is 13.8 Å². The van der Waals surface area contributed by atoms with Crippen LogP contribution >= 0.6 is 23.2 Å². The molecular formula is C13H17Cl2N5. The van der Waals surface area contributed by atoms with Crippen LogP contribution in [0.3, 0.4) is 0 Å². The van der Waals surface area contributed by atoms with Gasteiger partial charge in [0.25, 0.3) is 0 Å². The summed E-state index contributed by atoms with van der Waals surface area (Å²) in [5, 5.41) is 11.5. The molecule has 2 aromatic heterocycles. The second kappa shape index (κ2) is 5.89. The number of hydrogen-bond acceptors (Lipinski definition) is 4. The Bertz CT molecular complexity index is 636. The Balaban J connectivity index is 2.23. The van der Waals surface area contributed by atoms with Gasteiger partial charge in [-0.05, 0) is 19.9 Å². The minimum atomic E-state index is 0.494. The number of hydrogen-bond donors (Lipinski definition) is 2. The molecule has 2 aromatic rings. The van der Waals surface area contributed by atoms with Crippen molar-refractivity contribution in [3.8, 4) is 0 Å². The van der Waals surface area contributed by atoms with Crippen LogP contribution < -0.4 is 10.6 Å². The second-order valence-electron chi connectivity index (χ2n) is 4.53. The highest BCUT2D eigenvalue weighted by atomic mass is 35.5. The topological polar surface area (TPSA) is 54.8 Å². The number of halogens is 2. The van der Waals surface area contributed by atoms with Crippen molar-refractivity contribution in [2.24, 2.45) is 7.05 Å². The molecule has 0 atom stereocenters. The standard InChI is InChI=1S/C13H17Cl2N5/c1-7-9(8(2)20(4)19-7)6-17-13-11(15)5-10(14)12(16-3)18-13/h5H,6H2,1-4H3,(H2,16,17,18). The van der Waals surface area contributed by atoms with Gasteiger partial charge in [-0.2, -0.15) is 5.10 Å². The lowest BCUT2D eigenvalue weighted by atomic mass is 10.2. The Morgan fingerprint density at radius 2 is 1.85 bits per heavy atom. The van der Waals surface area contributed by atoms with Crippen LogP contribution in [0.15, 0.2) is 6.07 Å². The summed E-state index contributed by atoms with van der Waals surface area (Å²) in [6.07, 6.45) is 0. The fourth-order valence-electron chi connectivity index (χ4n) is 2.01. The van der Waals surface area contributed by atoms with Gasteiger partial charge in [0.05, 0.1) is 15.7 Å². The van der Waals surface area contributed by atoms with E-state index in [0.717, 1.165) is 17.0 Å². The largest absolute Gasteiger partial charge is 0.372 e. The van der Waals surface area contributed by atoms with Crippen LogP contribution in [-0.4, -0.2) is 21.8 Å². The van der Waals surface area contributed by atoms with Crippen molar-refractivity contribution < 1.29 is 0 Å². The third kappa shape index (κ3) is 2.83. The zero-order valence-corrected chi connectivity index (χ0v) is 13.4. The summed E-state index contributed by atoms with van der Waals surface area (Å²) in [5.41, 5.74) is 3.26. The van der Waals surface area contributed by atoms with Crippen LogP contribution in [0.5, 0.6) is 0 Å². The molecule has 0 aliphatic rings. The number of aryl methyl sites for hydroxylation is 2. The van der Waals surface area contributed by atoms with E-state index in [2.05, 4.69) is 20.7 Å². The van der Waals surface area contributed by atoms with Gasteiger partial charge in [-0.3, -0.25) is 4.68 Å². The van der Waals surface area contributed by atoms with E-state index in [1.54, 1.807) is 13.1 Å². The Morgan fingerprint density at radius 1 is 1.20 bits per heavy atom. The summed E-state index contributed by atoms with van der Waals surface area (Å²) >= 11 is 12.2. The number of nitrogens with zero attached hydrogens (tertiary/aromatic N) is 3. The molecule has 0 saturated carbocycles. The number of rotatable bonds is 4. The number of pyridine rings is 1. The van der Waals surface area contributed by atoms with Crippen LogP contribution in [0.25, 0.3) is 0 Å². The number of anilines is 2. The molecule has 0 aliphatic heterocycles. The van der Waals surface area contributed by atoms with Gasteiger partial charge in [0, 0.05) is 31.9 Å². The molecule has 2 N–H and O–H groups in total. The zero-order valence-electron chi connectivity index (χ0n) is 11.9. The lowest BCUT2D eigenvalue weighted by molar-refractivity contribution is 0.730. The maximum Gasteiger partial charge on any atom is 0.147 e. The molecule has 7 heteroatoms. The van der Waals surface area contributed by atoms with E-state index in [1.807, 2.05) is 25.6 Å². The van der Waals surface area contributed by atoms with Gasteiger partial charge < -0.3 is 10.6 Å². The summed E-state index contributed by atoms with van der Waals surface area (Å²) in [5.74, 6) is 1.20. The van der Waals surface area contributed by atoms with Gasteiger partial charge in [-0.25, -0.2) is 4.98 Å². The zero-order chi connectivity index (χ0) is 14.9. The quantitative estimate of drug-likeness (QED) is 0.908. The van der Waals surface area contributed by atoms with Gasteiger partial charge in [0.15, 0.2) is 0 Å². The van der Waals surface area contributed by atoms with E-state index in [1.165, 1.54) is 0 Å². The van der Waals surface area contributed by atoms with Gasteiger partial charge in [0.2, 0.25) is 0 Å². The summed E-state index contributed by atoms with van der Waals surface area (Å²) in [4.78, 5) is 4.36. The van der Waals surface area contributed by atoms with Gasteiger partial charge in [0.1, 0.15) is 11.6 Å². The monoisotopic (exact) mass is 313 g/mol. The molecule has 0 unspecified atom stereocenters. The molecule has 0 saturated heterocycles. The van der Waals surface area contributed by atoms with E-state index in [9.17, 15) is 0 Å². The highest BCUT2D eigenvalue weighted by molar-refractivity contribution is 6.37. The molecule has 2 heterocycles. The minimum absolute atomic E-state index is 0.494. The maximum atomic E-state index is 6.15. The molecule has 108 valence electrons. The first-order valence-electron chi connectivity index (χ1n) is 6.20. The molecule has 0 amide bonds. The van der Waals surface area contributed by atoms with Crippen molar-refractivity contribution in [1.82, 2.24) is 14.8 Å². The van der Waals surface area contributed by atoms with E-state index in [0.29, 0.717) is 28.2 Å². The molecule has 0 spiro atoms. The molecule has 20 heavy (non-hydrogen) atoms. The smallest absolute Gasteiger partial charge is 0.147 e. The summed E-state index contributed by atoms with van der Waals surface area (Å²) in [6.45, 7) is 4.63. The van der Waals surface area contributed by atoms with Crippen LogP contribution in [0.1, 0.15) is 17.0 Å². The summed E-state index contributed by atoms with van der Waals surface area (Å²) < 4.78 is 1.86. The summed E-state index contributed by atoms with van der Waals surface area (Å²) in [6, 6.07) is 1.67. The second-order valence-corrected chi connectivity index (χ2v) is 5.34. The molecule has 0 aliphatic carbocycles. The normalized spacial score (nSPS) is 10.7. The third-order valence-electron chi connectivity index (χ3n) is 3.26. The van der Waals surface area contributed by atoms with Crippen molar-refractivity contribution in [3.05, 3.63) is 33.1 Å². The lowest BCUT2D eigenvalue weighted by Crippen LogP contribution is -2.06. The molecule has 0 fully saturated rings. The van der Waals surface area contributed by atoms with E-state index < -0.39 is 0 Å².